The second-order valence-electron chi connectivity index (χ2n) is 8.26. The van der Waals surface area contributed by atoms with Crippen molar-refractivity contribution in [2.45, 2.75) is 36.6 Å². The van der Waals surface area contributed by atoms with Crippen molar-refractivity contribution >= 4 is 26.9 Å². The Morgan fingerprint density at radius 1 is 1.21 bits per heavy atom. The molecule has 5 nitrogen and oxygen atoms in total. The molecule has 10 heteroatoms. The number of benzene rings is 2. The smallest absolute Gasteiger partial charge is 0.189 e. The number of rotatable bonds is 7. The topological polar surface area (TPSA) is 53.5 Å². The molecule has 2 aromatic carbocycles. The van der Waals surface area contributed by atoms with E-state index in [1.165, 1.54) is 35.2 Å². The molecule has 1 atom stereocenters. The zero-order valence-electron chi connectivity index (χ0n) is 18.3. The molecule has 2 heterocycles. The van der Waals surface area contributed by atoms with Gasteiger partial charge in [-0.2, -0.15) is 0 Å². The van der Waals surface area contributed by atoms with Gasteiger partial charge in [-0.15, -0.1) is 11.3 Å². The Labute approximate surface area is 195 Å². The first-order valence-corrected chi connectivity index (χ1v) is 13.0. The number of nitrogens with zero attached hydrogens (tertiary/aromatic N) is 3. The lowest BCUT2D eigenvalue weighted by molar-refractivity contribution is 0.320. The fourth-order valence-electron chi connectivity index (χ4n) is 4.24. The van der Waals surface area contributed by atoms with Crippen LogP contribution in [0.1, 0.15) is 23.2 Å². The largest absolute Gasteiger partial charge is 0.370 e. The van der Waals surface area contributed by atoms with Gasteiger partial charge in [-0.25, -0.2) is 26.6 Å². The van der Waals surface area contributed by atoms with E-state index in [2.05, 4.69) is 9.88 Å². The molecule has 0 radical (unpaired) electrons. The van der Waals surface area contributed by atoms with Gasteiger partial charge in [0.25, 0.3) is 0 Å². The van der Waals surface area contributed by atoms with Gasteiger partial charge in [-0.3, -0.25) is 4.90 Å². The average molecular weight is 496 g/mol. The highest BCUT2D eigenvalue weighted by Crippen LogP contribution is 2.33. The highest BCUT2D eigenvalue weighted by atomic mass is 32.2. The van der Waals surface area contributed by atoms with Crippen LogP contribution in [-0.4, -0.2) is 44.5 Å². The van der Waals surface area contributed by atoms with Crippen molar-refractivity contribution in [2.75, 3.05) is 25.0 Å². The van der Waals surface area contributed by atoms with Crippen molar-refractivity contribution in [2.24, 2.45) is 0 Å². The molecule has 0 bridgehead atoms. The summed E-state index contributed by atoms with van der Waals surface area (Å²) in [6.07, 6.45) is 0.734. The highest BCUT2D eigenvalue weighted by Gasteiger charge is 2.32. The lowest BCUT2D eigenvalue weighted by Gasteiger charge is -2.29. The van der Waals surface area contributed by atoms with E-state index in [1.807, 2.05) is 0 Å². The van der Waals surface area contributed by atoms with Crippen molar-refractivity contribution in [3.05, 3.63) is 75.5 Å². The minimum Gasteiger partial charge on any atom is -0.370 e. The van der Waals surface area contributed by atoms with Gasteiger partial charge in [0, 0.05) is 54.9 Å². The molecule has 0 spiro atoms. The van der Waals surface area contributed by atoms with E-state index in [-0.39, 0.29) is 23.1 Å². The van der Waals surface area contributed by atoms with E-state index < -0.39 is 32.1 Å². The van der Waals surface area contributed by atoms with Gasteiger partial charge in [0.15, 0.2) is 9.84 Å². The predicted octanol–water partition coefficient (Wildman–Crippen LogP) is 4.55. The summed E-state index contributed by atoms with van der Waals surface area (Å²) < 4.78 is 69.5. The molecule has 3 aromatic rings. The van der Waals surface area contributed by atoms with E-state index in [0.717, 1.165) is 12.5 Å². The predicted molar refractivity (Wildman–Crippen MR) is 123 cm³/mol. The van der Waals surface area contributed by atoms with Crippen LogP contribution in [0.5, 0.6) is 0 Å². The van der Waals surface area contributed by atoms with Crippen molar-refractivity contribution < 1.29 is 21.6 Å². The number of sulfone groups is 1. The van der Waals surface area contributed by atoms with Gasteiger partial charge in [0.05, 0.1) is 17.0 Å². The van der Waals surface area contributed by atoms with Crippen molar-refractivity contribution in [1.82, 2.24) is 9.88 Å². The molecular weight excluding hydrogens is 471 g/mol. The molecule has 0 N–H and O–H groups in total. The minimum atomic E-state index is -4.24. The molecule has 1 aliphatic rings. The summed E-state index contributed by atoms with van der Waals surface area (Å²) in [4.78, 5) is 6.86. The van der Waals surface area contributed by atoms with Crippen LogP contribution in [0.3, 0.4) is 0 Å². The van der Waals surface area contributed by atoms with Gasteiger partial charge in [-0.05, 0) is 25.5 Å². The van der Waals surface area contributed by atoms with Gasteiger partial charge in [-0.1, -0.05) is 18.2 Å². The van der Waals surface area contributed by atoms with Crippen molar-refractivity contribution in [3.8, 4) is 0 Å². The van der Waals surface area contributed by atoms with E-state index in [4.69, 9.17) is 0 Å². The summed E-state index contributed by atoms with van der Waals surface area (Å²) in [5.41, 5.74) is 2.69. The molecule has 176 valence electrons. The molecule has 0 aliphatic carbocycles. The molecule has 1 aromatic heterocycles. The summed E-state index contributed by atoms with van der Waals surface area (Å²) in [7, 11) is -2.51. The van der Waals surface area contributed by atoms with E-state index in [1.54, 1.807) is 30.1 Å². The number of likely N-dealkylation sites (N-methyl/N-ethyl adjacent to an activating group) is 1. The number of hydrogen-bond acceptors (Lipinski definition) is 6. The Morgan fingerprint density at radius 2 is 1.97 bits per heavy atom. The van der Waals surface area contributed by atoms with Gasteiger partial charge < -0.3 is 4.90 Å². The van der Waals surface area contributed by atoms with E-state index >= 15 is 4.39 Å². The Kier molecular flexibility index (Phi) is 6.78. The fourth-order valence-corrected chi connectivity index (χ4v) is 6.38. The summed E-state index contributed by atoms with van der Waals surface area (Å²) in [5.74, 6) is -3.01. The molecule has 1 fully saturated rings. The Hall–Kier alpha value is -2.43. The maximum Gasteiger partial charge on any atom is 0.189 e. The zero-order valence-corrected chi connectivity index (χ0v) is 19.9. The summed E-state index contributed by atoms with van der Waals surface area (Å²) in [5, 5.41) is 1.54. The summed E-state index contributed by atoms with van der Waals surface area (Å²) in [6, 6.07) is 7.64. The third-order valence-corrected chi connectivity index (χ3v) is 8.36. The first-order chi connectivity index (χ1) is 15.7. The number of halogens is 3. The van der Waals surface area contributed by atoms with Crippen LogP contribution in [0.15, 0.2) is 46.1 Å². The molecule has 33 heavy (non-hydrogen) atoms. The Morgan fingerprint density at radius 3 is 2.67 bits per heavy atom. The van der Waals surface area contributed by atoms with Gasteiger partial charge >= 0.3 is 0 Å². The third-order valence-electron chi connectivity index (χ3n) is 6.05. The molecule has 0 saturated carbocycles. The lowest BCUT2D eigenvalue weighted by atomic mass is 10.1. The first kappa shape index (κ1) is 23.7. The molecule has 4 rings (SSSR count). The van der Waals surface area contributed by atoms with Crippen LogP contribution in [0.4, 0.5) is 18.9 Å². The molecule has 1 aliphatic heterocycles. The molecule has 0 amide bonds. The van der Waals surface area contributed by atoms with Crippen molar-refractivity contribution in [3.63, 3.8) is 0 Å². The maximum absolute atomic E-state index is 15.2. The van der Waals surface area contributed by atoms with Crippen LogP contribution in [0.25, 0.3) is 0 Å². The Bertz CT molecular complexity index is 1250. The van der Waals surface area contributed by atoms with E-state index in [0.29, 0.717) is 30.9 Å². The Balaban J connectivity index is 1.54. The lowest BCUT2D eigenvalue weighted by Crippen LogP contribution is -2.35. The second kappa shape index (κ2) is 9.44. The number of likely N-dealkylation sites (tertiary alicyclic amines) is 1. The summed E-state index contributed by atoms with van der Waals surface area (Å²) in [6.45, 7) is 3.21. The number of thiazole rings is 1. The molecular formula is C23H24F3N3O2S2. The standard InChI is InChI=1S/C23H24F3N3O2S2/c1-15-21(9-20(25)23(22(15)26)33(30,31)13-17-12-32-14-27-17)28(2)18-7-8-29(11-18)10-16-5-3-4-6-19(16)24/h3-6,9,12,14,18H,7-8,10-11,13H2,1-2H3/t18-/m0/s1. The first-order valence-electron chi connectivity index (χ1n) is 10.4. The second-order valence-corrected chi connectivity index (χ2v) is 10.9. The van der Waals surface area contributed by atoms with Gasteiger partial charge in [0.2, 0.25) is 0 Å². The monoisotopic (exact) mass is 495 g/mol. The highest BCUT2D eigenvalue weighted by molar-refractivity contribution is 7.90. The van der Waals surface area contributed by atoms with Crippen LogP contribution in [-0.2, 0) is 22.1 Å². The number of anilines is 1. The maximum atomic E-state index is 15.2. The minimum absolute atomic E-state index is 0.0493. The quantitative estimate of drug-likeness (QED) is 0.481. The van der Waals surface area contributed by atoms with Gasteiger partial charge in [0.1, 0.15) is 22.3 Å². The average Bonchev–Trinajstić information content (AvgIpc) is 3.43. The third kappa shape index (κ3) is 4.92. The van der Waals surface area contributed by atoms with E-state index in [9.17, 15) is 17.2 Å². The van der Waals surface area contributed by atoms with Crippen LogP contribution >= 0.6 is 11.3 Å². The summed E-state index contributed by atoms with van der Waals surface area (Å²) >= 11 is 1.21. The molecule has 1 saturated heterocycles. The van der Waals surface area contributed by atoms with Crippen molar-refractivity contribution in [1.29, 1.82) is 0 Å². The SMILES string of the molecule is Cc1c(N(C)[C@H]2CCN(Cc3ccccc3F)C2)cc(F)c(S(=O)(=O)Cc2cscn2)c1F. The number of hydrogen-bond donors (Lipinski definition) is 0. The number of aromatic nitrogens is 1. The van der Waals surface area contributed by atoms with Crippen LogP contribution in [0, 0.1) is 24.4 Å². The fraction of sp³-hybridized carbons (Fsp3) is 0.348. The molecule has 0 unspecified atom stereocenters. The zero-order chi connectivity index (χ0) is 23.8. The van der Waals surface area contributed by atoms with Crippen LogP contribution in [0.2, 0.25) is 0 Å². The normalized spacial score (nSPS) is 16.9. The van der Waals surface area contributed by atoms with Crippen LogP contribution < -0.4 is 4.90 Å².